The minimum absolute atomic E-state index is 0.0826. The number of hydrogen-bond acceptors (Lipinski definition) is 2. The fraction of sp³-hybridized carbons (Fsp3) is 0.235. The lowest BCUT2D eigenvalue weighted by Crippen LogP contribution is -2.27. The van der Waals surface area contributed by atoms with Gasteiger partial charge in [-0.25, -0.2) is 8.78 Å². The van der Waals surface area contributed by atoms with E-state index in [1.54, 1.807) is 11.9 Å². The van der Waals surface area contributed by atoms with E-state index in [9.17, 15) is 13.6 Å². The van der Waals surface area contributed by atoms with Crippen LogP contribution in [0.2, 0.25) is 0 Å². The van der Waals surface area contributed by atoms with Crippen molar-refractivity contribution in [1.29, 1.82) is 0 Å². The van der Waals surface area contributed by atoms with Gasteiger partial charge in [-0.2, -0.15) is 0 Å². The zero-order valence-electron chi connectivity index (χ0n) is 12.3. The Balaban J connectivity index is 2.23. The average Bonchev–Trinajstić information content (AvgIpc) is 2.37. The van der Waals surface area contributed by atoms with Gasteiger partial charge in [0.25, 0.3) is 0 Å². The fourth-order valence-electron chi connectivity index (χ4n) is 2.32. The van der Waals surface area contributed by atoms with Gasteiger partial charge in [-0.1, -0.05) is 12.1 Å². The number of aryl methyl sites for hydroxylation is 2. The van der Waals surface area contributed by atoms with Crippen molar-refractivity contribution in [2.45, 2.75) is 13.8 Å². The highest BCUT2D eigenvalue weighted by Gasteiger charge is 2.18. The normalized spacial score (nSPS) is 10.5. The zero-order valence-corrected chi connectivity index (χ0v) is 12.3. The van der Waals surface area contributed by atoms with Gasteiger partial charge in [-0.05, 0) is 49.2 Å². The molecule has 0 spiro atoms. The second-order valence-electron chi connectivity index (χ2n) is 5.22. The summed E-state index contributed by atoms with van der Waals surface area (Å²) in [7, 11) is 1.73. The fourth-order valence-corrected chi connectivity index (χ4v) is 2.32. The number of nitrogens with zero attached hydrogens (tertiary/aromatic N) is 1. The van der Waals surface area contributed by atoms with Crippen LogP contribution in [0.5, 0.6) is 0 Å². The van der Waals surface area contributed by atoms with Crippen LogP contribution in [-0.2, 0) is 0 Å². The summed E-state index contributed by atoms with van der Waals surface area (Å²) in [4.78, 5) is 13.8. The van der Waals surface area contributed by atoms with Gasteiger partial charge in [-0.15, -0.1) is 0 Å². The molecular weight excluding hydrogens is 272 g/mol. The quantitative estimate of drug-likeness (QED) is 0.796. The first-order valence-electron chi connectivity index (χ1n) is 6.65. The molecule has 0 saturated carbocycles. The molecule has 0 aliphatic rings. The standard InChI is InChI=1S/C17H17F2NO/c1-11-7-12(2)9-13(8-11)20(3)10-16(21)17-14(18)5-4-6-15(17)19/h4-9H,10H2,1-3H3. The molecule has 110 valence electrons. The second-order valence-corrected chi connectivity index (χ2v) is 5.22. The van der Waals surface area contributed by atoms with Crippen molar-refractivity contribution >= 4 is 11.5 Å². The first-order valence-corrected chi connectivity index (χ1v) is 6.65. The van der Waals surface area contributed by atoms with Crippen LogP contribution < -0.4 is 4.90 Å². The van der Waals surface area contributed by atoms with E-state index in [-0.39, 0.29) is 6.54 Å². The van der Waals surface area contributed by atoms with Crippen LogP contribution in [0, 0.1) is 25.5 Å². The van der Waals surface area contributed by atoms with E-state index in [1.165, 1.54) is 6.07 Å². The minimum Gasteiger partial charge on any atom is -0.367 e. The summed E-state index contributed by atoms with van der Waals surface area (Å²) in [5, 5.41) is 0. The van der Waals surface area contributed by atoms with Crippen LogP contribution in [0.4, 0.5) is 14.5 Å². The highest BCUT2D eigenvalue weighted by Crippen LogP contribution is 2.19. The Morgan fingerprint density at radius 2 is 1.57 bits per heavy atom. The van der Waals surface area contributed by atoms with Crippen LogP contribution in [0.15, 0.2) is 36.4 Å². The predicted molar refractivity (Wildman–Crippen MR) is 79.9 cm³/mol. The van der Waals surface area contributed by atoms with Crippen LogP contribution in [-0.4, -0.2) is 19.4 Å². The number of carbonyl (C=O) groups is 1. The summed E-state index contributed by atoms with van der Waals surface area (Å²) in [6, 6.07) is 9.31. The van der Waals surface area contributed by atoms with Gasteiger partial charge in [0, 0.05) is 12.7 Å². The monoisotopic (exact) mass is 289 g/mol. The zero-order chi connectivity index (χ0) is 15.6. The van der Waals surface area contributed by atoms with Gasteiger partial charge in [0.05, 0.1) is 12.1 Å². The molecule has 0 aromatic heterocycles. The minimum atomic E-state index is -0.825. The summed E-state index contributed by atoms with van der Waals surface area (Å²) < 4.78 is 27.2. The van der Waals surface area contributed by atoms with Gasteiger partial charge in [-0.3, -0.25) is 4.79 Å². The summed E-state index contributed by atoms with van der Waals surface area (Å²) in [6.45, 7) is 3.84. The molecular formula is C17H17F2NO. The predicted octanol–water partition coefficient (Wildman–Crippen LogP) is 3.90. The lowest BCUT2D eigenvalue weighted by Gasteiger charge is -2.20. The van der Waals surface area contributed by atoms with Gasteiger partial charge in [0.2, 0.25) is 0 Å². The molecule has 0 unspecified atom stereocenters. The summed E-state index contributed by atoms with van der Waals surface area (Å²) in [6.07, 6.45) is 0. The highest BCUT2D eigenvalue weighted by molar-refractivity contribution is 5.99. The Kier molecular flexibility index (Phi) is 4.36. The van der Waals surface area contributed by atoms with E-state index < -0.39 is 23.0 Å². The topological polar surface area (TPSA) is 20.3 Å². The maximum atomic E-state index is 13.6. The van der Waals surface area contributed by atoms with Gasteiger partial charge in [0.1, 0.15) is 11.6 Å². The van der Waals surface area contributed by atoms with Crippen molar-refractivity contribution in [3.8, 4) is 0 Å². The van der Waals surface area contributed by atoms with Crippen molar-refractivity contribution in [1.82, 2.24) is 0 Å². The molecule has 2 nitrogen and oxygen atoms in total. The van der Waals surface area contributed by atoms with Crippen molar-refractivity contribution in [3.05, 3.63) is 64.7 Å². The molecule has 0 bridgehead atoms. The number of halogens is 2. The van der Waals surface area contributed by atoms with Crippen LogP contribution >= 0.6 is 0 Å². The lowest BCUT2D eigenvalue weighted by molar-refractivity contribution is 0.0992. The Bertz CT molecular complexity index is 642. The number of Topliss-reactive ketones (excluding diaryl/α,β-unsaturated/α-hetero) is 1. The van der Waals surface area contributed by atoms with E-state index in [0.717, 1.165) is 28.9 Å². The number of ketones is 1. The van der Waals surface area contributed by atoms with Crippen molar-refractivity contribution in [3.63, 3.8) is 0 Å². The number of hydrogen-bond donors (Lipinski definition) is 0. The van der Waals surface area contributed by atoms with Gasteiger partial charge in [0.15, 0.2) is 5.78 Å². The Hall–Kier alpha value is -2.23. The van der Waals surface area contributed by atoms with E-state index in [1.807, 2.05) is 32.0 Å². The molecule has 0 N–H and O–H groups in total. The number of benzene rings is 2. The third kappa shape index (κ3) is 3.45. The number of rotatable bonds is 4. The molecule has 0 fully saturated rings. The molecule has 0 aliphatic heterocycles. The van der Waals surface area contributed by atoms with E-state index >= 15 is 0 Å². The molecule has 0 radical (unpaired) electrons. The molecule has 2 aromatic rings. The largest absolute Gasteiger partial charge is 0.367 e. The van der Waals surface area contributed by atoms with Gasteiger partial charge < -0.3 is 4.90 Å². The van der Waals surface area contributed by atoms with Crippen molar-refractivity contribution in [2.24, 2.45) is 0 Å². The molecule has 0 saturated heterocycles. The smallest absolute Gasteiger partial charge is 0.187 e. The third-order valence-corrected chi connectivity index (χ3v) is 3.27. The molecule has 2 aromatic carbocycles. The van der Waals surface area contributed by atoms with Crippen LogP contribution in [0.1, 0.15) is 21.5 Å². The van der Waals surface area contributed by atoms with E-state index in [0.29, 0.717) is 0 Å². The SMILES string of the molecule is Cc1cc(C)cc(N(C)CC(=O)c2c(F)cccc2F)c1. The third-order valence-electron chi connectivity index (χ3n) is 3.27. The average molecular weight is 289 g/mol. The van der Waals surface area contributed by atoms with E-state index in [4.69, 9.17) is 0 Å². The first-order chi connectivity index (χ1) is 9.88. The highest BCUT2D eigenvalue weighted by atomic mass is 19.1. The first kappa shape index (κ1) is 15.2. The lowest BCUT2D eigenvalue weighted by atomic mass is 10.1. The molecule has 4 heteroatoms. The van der Waals surface area contributed by atoms with Gasteiger partial charge >= 0.3 is 0 Å². The Morgan fingerprint density at radius 1 is 1.05 bits per heavy atom. The van der Waals surface area contributed by atoms with E-state index in [2.05, 4.69) is 0 Å². The summed E-state index contributed by atoms with van der Waals surface area (Å²) >= 11 is 0. The molecule has 21 heavy (non-hydrogen) atoms. The molecule has 0 heterocycles. The maximum absolute atomic E-state index is 13.6. The molecule has 0 atom stereocenters. The van der Waals surface area contributed by atoms with Crippen molar-refractivity contribution < 1.29 is 13.6 Å². The number of likely N-dealkylation sites (N-methyl/N-ethyl adjacent to an activating group) is 1. The summed E-state index contributed by atoms with van der Waals surface area (Å²) in [5.74, 6) is -2.23. The van der Waals surface area contributed by atoms with Crippen LogP contribution in [0.25, 0.3) is 0 Å². The molecule has 2 rings (SSSR count). The maximum Gasteiger partial charge on any atom is 0.187 e. The molecule has 0 amide bonds. The van der Waals surface area contributed by atoms with Crippen LogP contribution in [0.3, 0.4) is 0 Å². The van der Waals surface area contributed by atoms with Crippen molar-refractivity contribution in [2.75, 3.05) is 18.5 Å². The Labute approximate surface area is 123 Å². The summed E-state index contributed by atoms with van der Waals surface area (Å²) in [5.41, 5.74) is 2.51. The molecule has 0 aliphatic carbocycles. The Morgan fingerprint density at radius 3 is 2.10 bits per heavy atom. The number of anilines is 1. The second kappa shape index (κ2) is 6.04. The number of carbonyl (C=O) groups excluding carboxylic acids is 1.